The lowest BCUT2D eigenvalue weighted by molar-refractivity contribution is -0.116. The van der Waals surface area contributed by atoms with Crippen LogP contribution in [-0.2, 0) is 27.8 Å². The van der Waals surface area contributed by atoms with Crippen molar-refractivity contribution in [2.24, 2.45) is 0 Å². The minimum absolute atomic E-state index is 0.0499. The normalized spacial score (nSPS) is 13.6. The summed E-state index contributed by atoms with van der Waals surface area (Å²) in [4.78, 5) is 13.5. The maximum Gasteiger partial charge on any atom is 0.339 e. The number of hydrogen-bond donors (Lipinski definition) is 0. The number of carbonyl (C=O) groups is 1. The van der Waals surface area contributed by atoms with Crippen LogP contribution < -0.4 is 13.8 Å². The number of carbonyl (C=O) groups excluding carboxylic acids is 1. The Morgan fingerprint density at radius 1 is 1.21 bits per heavy atom. The molecule has 0 fully saturated rings. The molecule has 0 spiro atoms. The summed E-state index contributed by atoms with van der Waals surface area (Å²) in [6.45, 7) is 5.84. The quantitative estimate of drug-likeness (QED) is 0.547. The standard InChI is InChI=1S/C21H23NO5S/c1-4-6-16-8-11-20(21(13-16)26-3)27-28(24,25)18-9-10-19-17(14-18)7-5-12-22(19)15(2)23/h4,8-11,13-14H,1,5-7,12H2,2-3H3. The van der Waals surface area contributed by atoms with Gasteiger partial charge in [0, 0.05) is 19.2 Å². The molecule has 0 radical (unpaired) electrons. The predicted molar refractivity (Wildman–Crippen MR) is 107 cm³/mol. The number of hydrogen-bond acceptors (Lipinski definition) is 5. The van der Waals surface area contributed by atoms with Crippen LogP contribution in [0.5, 0.6) is 11.5 Å². The molecule has 2 aromatic rings. The van der Waals surface area contributed by atoms with Gasteiger partial charge in [-0.05, 0) is 60.7 Å². The summed E-state index contributed by atoms with van der Waals surface area (Å²) in [5.41, 5.74) is 2.51. The average Bonchev–Trinajstić information content (AvgIpc) is 2.68. The second kappa shape index (κ2) is 8.06. The molecule has 0 saturated carbocycles. The molecule has 3 rings (SSSR count). The Morgan fingerprint density at radius 2 is 2.00 bits per heavy atom. The van der Waals surface area contributed by atoms with Gasteiger partial charge in [-0.3, -0.25) is 4.79 Å². The fourth-order valence-electron chi connectivity index (χ4n) is 3.30. The van der Waals surface area contributed by atoms with Gasteiger partial charge in [0.2, 0.25) is 5.91 Å². The minimum atomic E-state index is -4.05. The number of fused-ring (bicyclic) bond motifs is 1. The first kappa shape index (κ1) is 19.9. The van der Waals surface area contributed by atoms with Crippen molar-refractivity contribution in [3.05, 3.63) is 60.2 Å². The van der Waals surface area contributed by atoms with Crippen molar-refractivity contribution in [3.8, 4) is 11.5 Å². The number of benzene rings is 2. The number of ether oxygens (including phenoxy) is 1. The van der Waals surface area contributed by atoms with Crippen LogP contribution >= 0.6 is 0 Å². The molecule has 0 bridgehead atoms. The summed E-state index contributed by atoms with van der Waals surface area (Å²) < 4.78 is 36.2. The van der Waals surface area contributed by atoms with Gasteiger partial charge >= 0.3 is 10.1 Å². The lowest BCUT2D eigenvalue weighted by atomic mass is 10.0. The Kier molecular flexibility index (Phi) is 5.74. The van der Waals surface area contributed by atoms with Crippen LogP contribution in [0.25, 0.3) is 0 Å². The molecule has 0 aromatic heterocycles. The van der Waals surface area contributed by atoms with Crippen molar-refractivity contribution in [2.45, 2.75) is 31.1 Å². The van der Waals surface area contributed by atoms with E-state index in [1.54, 1.807) is 41.3 Å². The van der Waals surface area contributed by atoms with Crippen molar-refractivity contribution in [2.75, 3.05) is 18.6 Å². The molecule has 1 heterocycles. The molecule has 6 nitrogen and oxygen atoms in total. The first-order valence-electron chi connectivity index (χ1n) is 8.99. The summed E-state index contributed by atoms with van der Waals surface area (Å²) in [5.74, 6) is 0.402. The van der Waals surface area contributed by atoms with Gasteiger partial charge in [-0.1, -0.05) is 12.1 Å². The van der Waals surface area contributed by atoms with Crippen LogP contribution in [-0.4, -0.2) is 28.0 Å². The van der Waals surface area contributed by atoms with E-state index in [1.807, 2.05) is 0 Å². The Balaban J connectivity index is 1.92. The van der Waals surface area contributed by atoms with Crippen molar-refractivity contribution in [1.29, 1.82) is 0 Å². The number of nitrogens with zero attached hydrogens (tertiary/aromatic N) is 1. The maximum atomic E-state index is 12.8. The Morgan fingerprint density at radius 3 is 2.68 bits per heavy atom. The lowest BCUT2D eigenvalue weighted by Gasteiger charge is -2.28. The Bertz CT molecular complexity index is 1010. The van der Waals surface area contributed by atoms with Crippen molar-refractivity contribution < 1.29 is 22.1 Å². The third-order valence-electron chi connectivity index (χ3n) is 4.65. The van der Waals surface area contributed by atoms with Gasteiger partial charge in [0.15, 0.2) is 11.5 Å². The van der Waals surface area contributed by atoms with Crippen LogP contribution in [0.15, 0.2) is 53.9 Å². The third kappa shape index (κ3) is 4.04. The molecule has 0 saturated heterocycles. The van der Waals surface area contributed by atoms with Crippen LogP contribution in [0.4, 0.5) is 5.69 Å². The van der Waals surface area contributed by atoms with E-state index in [1.165, 1.54) is 20.1 Å². The van der Waals surface area contributed by atoms with E-state index >= 15 is 0 Å². The van der Waals surface area contributed by atoms with E-state index in [0.29, 0.717) is 25.1 Å². The second-order valence-electron chi connectivity index (χ2n) is 6.58. The molecule has 0 unspecified atom stereocenters. The monoisotopic (exact) mass is 401 g/mol. The smallest absolute Gasteiger partial charge is 0.339 e. The predicted octanol–water partition coefficient (Wildman–Crippen LogP) is 3.49. The van der Waals surface area contributed by atoms with Crippen molar-refractivity contribution >= 4 is 21.7 Å². The highest BCUT2D eigenvalue weighted by atomic mass is 32.2. The van der Waals surface area contributed by atoms with Crippen LogP contribution in [0.3, 0.4) is 0 Å². The second-order valence-corrected chi connectivity index (χ2v) is 8.13. The van der Waals surface area contributed by atoms with E-state index in [0.717, 1.165) is 23.2 Å². The topological polar surface area (TPSA) is 72.9 Å². The Labute approximate surface area is 165 Å². The van der Waals surface area contributed by atoms with Crippen molar-refractivity contribution in [1.82, 2.24) is 0 Å². The van der Waals surface area contributed by atoms with Gasteiger partial charge in [-0.25, -0.2) is 0 Å². The fraction of sp³-hybridized carbons (Fsp3) is 0.286. The first-order valence-corrected chi connectivity index (χ1v) is 10.4. The summed E-state index contributed by atoms with van der Waals surface area (Å²) in [7, 11) is -2.59. The van der Waals surface area contributed by atoms with Crippen LogP contribution in [0.1, 0.15) is 24.5 Å². The zero-order chi connectivity index (χ0) is 20.3. The molecule has 1 aliphatic rings. The van der Waals surface area contributed by atoms with E-state index in [2.05, 4.69) is 6.58 Å². The number of allylic oxidation sites excluding steroid dienone is 1. The highest BCUT2D eigenvalue weighted by Gasteiger charge is 2.25. The molecular weight excluding hydrogens is 378 g/mol. The minimum Gasteiger partial charge on any atom is -0.493 e. The van der Waals surface area contributed by atoms with Gasteiger partial charge in [-0.15, -0.1) is 6.58 Å². The van der Waals surface area contributed by atoms with Gasteiger partial charge < -0.3 is 13.8 Å². The average molecular weight is 401 g/mol. The summed E-state index contributed by atoms with van der Waals surface area (Å²) in [6.07, 6.45) is 3.89. The number of rotatable bonds is 6. The molecule has 1 aliphatic heterocycles. The third-order valence-corrected chi connectivity index (χ3v) is 5.88. The van der Waals surface area contributed by atoms with Crippen LogP contribution in [0.2, 0.25) is 0 Å². The van der Waals surface area contributed by atoms with E-state index in [9.17, 15) is 13.2 Å². The van der Waals surface area contributed by atoms with E-state index in [-0.39, 0.29) is 16.6 Å². The highest BCUT2D eigenvalue weighted by Crippen LogP contribution is 2.33. The SMILES string of the molecule is C=CCc1ccc(OS(=O)(=O)c2ccc3c(c2)CCCN3C(C)=O)c(OC)c1. The number of aryl methyl sites for hydroxylation is 1. The molecule has 148 valence electrons. The molecule has 28 heavy (non-hydrogen) atoms. The number of amides is 1. The van der Waals surface area contributed by atoms with Crippen molar-refractivity contribution in [3.63, 3.8) is 0 Å². The van der Waals surface area contributed by atoms with Gasteiger partial charge in [0.1, 0.15) is 4.90 Å². The summed E-state index contributed by atoms with van der Waals surface area (Å²) >= 11 is 0. The Hall–Kier alpha value is -2.80. The van der Waals surface area contributed by atoms with Gasteiger partial charge in [-0.2, -0.15) is 8.42 Å². The molecule has 0 aliphatic carbocycles. The lowest BCUT2D eigenvalue weighted by Crippen LogP contribution is -2.33. The number of methoxy groups -OCH3 is 1. The summed E-state index contributed by atoms with van der Waals surface area (Å²) in [6, 6.07) is 9.78. The molecule has 2 aromatic carbocycles. The highest BCUT2D eigenvalue weighted by molar-refractivity contribution is 7.87. The van der Waals surface area contributed by atoms with Crippen LogP contribution in [0, 0.1) is 0 Å². The fourth-order valence-corrected chi connectivity index (χ4v) is 4.29. The molecule has 0 N–H and O–H groups in total. The summed E-state index contributed by atoms with van der Waals surface area (Å²) in [5, 5.41) is 0. The van der Waals surface area contributed by atoms with E-state index in [4.69, 9.17) is 8.92 Å². The maximum absolute atomic E-state index is 12.8. The number of anilines is 1. The van der Waals surface area contributed by atoms with Gasteiger partial charge in [0.05, 0.1) is 7.11 Å². The van der Waals surface area contributed by atoms with Gasteiger partial charge in [0.25, 0.3) is 0 Å². The first-order chi connectivity index (χ1) is 13.4. The zero-order valence-electron chi connectivity index (χ0n) is 16.0. The molecular formula is C21H23NO5S. The largest absolute Gasteiger partial charge is 0.493 e. The molecule has 0 atom stereocenters. The molecule has 1 amide bonds. The zero-order valence-corrected chi connectivity index (χ0v) is 16.8. The molecule has 7 heteroatoms. The van der Waals surface area contributed by atoms with E-state index < -0.39 is 10.1 Å².